The zero-order chi connectivity index (χ0) is 12.5. The van der Waals surface area contributed by atoms with E-state index >= 15 is 0 Å². The van der Waals surface area contributed by atoms with Gasteiger partial charge in [-0.1, -0.05) is 0 Å². The Labute approximate surface area is 117 Å². The van der Waals surface area contributed by atoms with E-state index in [4.69, 9.17) is 0 Å². The predicted octanol–water partition coefficient (Wildman–Crippen LogP) is 4.14. The highest BCUT2D eigenvalue weighted by molar-refractivity contribution is 9.10. The summed E-state index contributed by atoms with van der Waals surface area (Å²) in [5, 5.41) is 6.46. The fourth-order valence-electron chi connectivity index (χ4n) is 2.17. The summed E-state index contributed by atoms with van der Waals surface area (Å²) in [5.74, 6) is -0.236. The number of thiazole rings is 1. The molecule has 1 fully saturated rings. The molecular formula is C13H12BrFN2S. The van der Waals surface area contributed by atoms with Crippen molar-refractivity contribution in [3.63, 3.8) is 0 Å². The molecule has 1 N–H and O–H groups in total. The van der Waals surface area contributed by atoms with Crippen LogP contribution in [0.2, 0.25) is 0 Å². The third-order valence-electron chi connectivity index (χ3n) is 3.10. The molecule has 0 bridgehead atoms. The number of nitrogens with zero attached hydrogens (tertiary/aromatic N) is 1. The molecule has 0 amide bonds. The van der Waals surface area contributed by atoms with Gasteiger partial charge in [0, 0.05) is 15.4 Å². The van der Waals surface area contributed by atoms with Gasteiger partial charge in [-0.3, -0.25) is 0 Å². The van der Waals surface area contributed by atoms with Crippen molar-refractivity contribution in [3.05, 3.63) is 39.6 Å². The smallest absolute Gasteiger partial charge is 0.124 e. The highest BCUT2D eigenvalue weighted by atomic mass is 79.9. The van der Waals surface area contributed by atoms with E-state index in [2.05, 4.69) is 31.6 Å². The molecule has 0 unspecified atom stereocenters. The molecule has 1 aromatic heterocycles. The van der Waals surface area contributed by atoms with Gasteiger partial charge in [0.15, 0.2) is 0 Å². The second kappa shape index (κ2) is 5.07. The Kier molecular flexibility index (Phi) is 3.46. The van der Waals surface area contributed by atoms with Crippen molar-refractivity contribution in [1.29, 1.82) is 0 Å². The Morgan fingerprint density at radius 3 is 3.06 bits per heavy atom. The van der Waals surface area contributed by atoms with Crippen LogP contribution in [-0.2, 0) is 0 Å². The van der Waals surface area contributed by atoms with E-state index in [0.29, 0.717) is 6.04 Å². The number of nitrogens with one attached hydrogen (secondary N) is 1. The lowest BCUT2D eigenvalue weighted by Gasteiger charge is -2.05. The number of rotatable bonds is 2. The molecule has 1 aliphatic heterocycles. The van der Waals surface area contributed by atoms with Crippen molar-refractivity contribution in [2.45, 2.75) is 18.9 Å². The SMILES string of the molecule is Fc1ccc(-c2nc([C@@H]3CCCN3)cs2)c(Br)c1. The molecule has 2 aromatic rings. The van der Waals surface area contributed by atoms with Gasteiger partial charge < -0.3 is 5.32 Å². The Balaban J connectivity index is 1.92. The van der Waals surface area contributed by atoms with E-state index < -0.39 is 0 Å². The third kappa shape index (κ3) is 2.35. The van der Waals surface area contributed by atoms with Crippen LogP contribution >= 0.6 is 27.3 Å². The summed E-state index contributed by atoms with van der Waals surface area (Å²) >= 11 is 4.99. The molecule has 1 atom stereocenters. The molecular weight excluding hydrogens is 315 g/mol. The van der Waals surface area contributed by atoms with Crippen molar-refractivity contribution < 1.29 is 4.39 Å². The first kappa shape index (κ1) is 12.3. The largest absolute Gasteiger partial charge is 0.309 e. The fraction of sp³-hybridized carbons (Fsp3) is 0.308. The number of benzene rings is 1. The van der Waals surface area contributed by atoms with Gasteiger partial charge in [0.1, 0.15) is 10.8 Å². The average Bonchev–Trinajstić information content (AvgIpc) is 2.99. The van der Waals surface area contributed by atoms with Crippen LogP contribution in [0.15, 0.2) is 28.1 Å². The quantitative estimate of drug-likeness (QED) is 0.897. The maximum atomic E-state index is 13.1. The van der Waals surface area contributed by atoms with E-state index in [0.717, 1.165) is 33.7 Å². The molecule has 3 rings (SSSR count). The van der Waals surface area contributed by atoms with Crippen molar-refractivity contribution in [3.8, 4) is 10.6 Å². The monoisotopic (exact) mass is 326 g/mol. The Hall–Kier alpha value is -0.780. The fourth-order valence-corrected chi connectivity index (χ4v) is 3.75. The first-order valence-electron chi connectivity index (χ1n) is 5.88. The molecule has 0 saturated carbocycles. The first-order chi connectivity index (χ1) is 8.74. The summed E-state index contributed by atoms with van der Waals surface area (Å²) in [6, 6.07) is 5.10. The topological polar surface area (TPSA) is 24.9 Å². The predicted molar refractivity (Wildman–Crippen MR) is 75.2 cm³/mol. The highest BCUT2D eigenvalue weighted by Gasteiger charge is 2.19. The van der Waals surface area contributed by atoms with Gasteiger partial charge in [0.2, 0.25) is 0 Å². The molecule has 2 nitrogen and oxygen atoms in total. The molecule has 1 saturated heterocycles. The van der Waals surface area contributed by atoms with Crippen LogP contribution in [0.1, 0.15) is 24.6 Å². The lowest BCUT2D eigenvalue weighted by molar-refractivity contribution is 0.627. The number of hydrogen-bond acceptors (Lipinski definition) is 3. The number of hydrogen-bond donors (Lipinski definition) is 1. The molecule has 94 valence electrons. The number of aromatic nitrogens is 1. The molecule has 2 heterocycles. The van der Waals surface area contributed by atoms with Crippen LogP contribution in [0, 0.1) is 5.82 Å². The Morgan fingerprint density at radius 2 is 2.33 bits per heavy atom. The second-order valence-electron chi connectivity index (χ2n) is 4.35. The van der Waals surface area contributed by atoms with E-state index in [1.807, 2.05) is 0 Å². The van der Waals surface area contributed by atoms with Crippen LogP contribution in [0.3, 0.4) is 0 Å². The van der Waals surface area contributed by atoms with E-state index in [-0.39, 0.29) is 5.82 Å². The molecule has 5 heteroatoms. The van der Waals surface area contributed by atoms with Gasteiger partial charge in [0.05, 0.1) is 11.7 Å². The minimum absolute atomic E-state index is 0.236. The minimum atomic E-state index is -0.236. The normalized spacial score (nSPS) is 19.3. The summed E-state index contributed by atoms with van der Waals surface area (Å²) in [6.45, 7) is 1.07. The summed E-state index contributed by atoms with van der Waals surface area (Å²) in [5.41, 5.74) is 2.05. The zero-order valence-corrected chi connectivity index (χ0v) is 12.0. The maximum Gasteiger partial charge on any atom is 0.124 e. The van der Waals surface area contributed by atoms with Crippen LogP contribution < -0.4 is 5.32 Å². The van der Waals surface area contributed by atoms with Crippen molar-refractivity contribution >= 4 is 27.3 Å². The minimum Gasteiger partial charge on any atom is -0.309 e. The van der Waals surface area contributed by atoms with Gasteiger partial charge in [-0.2, -0.15) is 0 Å². The zero-order valence-electron chi connectivity index (χ0n) is 9.62. The van der Waals surface area contributed by atoms with Crippen molar-refractivity contribution in [2.24, 2.45) is 0 Å². The molecule has 18 heavy (non-hydrogen) atoms. The van der Waals surface area contributed by atoms with Crippen LogP contribution in [0.5, 0.6) is 0 Å². The van der Waals surface area contributed by atoms with Crippen molar-refractivity contribution in [1.82, 2.24) is 10.3 Å². The van der Waals surface area contributed by atoms with Crippen LogP contribution in [0.25, 0.3) is 10.6 Å². The van der Waals surface area contributed by atoms with Crippen LogP contribution in [0.4, 0.5) is 4.39 Å². The average molecular weight is 327 g/mol. The summed E-state index contributed by atoms with van der Waals surface area (Å²) < 4.78 is 13.8. The number of halogens is 2. The van der Waals surface area contributed by atoms with Gasteiger partial charge in [-0.15, -0.1) is 11.3 Å². The summed E-state index contributed by atoms with van der Waals surface area (Å²) in [6.07, 6.45) is 2.35. The second-order valence-corrected chi connectivity index (χ2v) is 6.06. The van der Waals surface area contributed by atoms with Crippen molar-refractivity contribution in [2.75, 3.05) is 6.54 Å². The lowest BCUT2D eigenvalue weighted by atomic mass is 10.2. The first-order valence-corrected chi connectivity index (χ1v) is 7.55. The Morgan fingerprint density at radius 1 is 1.44 bits per heavy atom. The molecule has 0 radical (unpaired) electrons. The van der Waals surface area contributed by atoms with Crippen LogP contribution in [-0.4, -0.2) is 11.5 Å². The van der Waals surface area contributed by atoms with E-state index in [9.17, 15) is 4.39 Å². The third-order valence-corrected chi connectivity index (χ3v) is 4.65. The van der Waals surface area contributed by atoms with E-state index in [1.54, 1.807) is 17.4 Å². The maximum absolute atomic E-state index is 13.1. The van der Waals surface area contributed by atoms with Gasteiger partial charge in [-0.05, 0) is 53.5 Å². The van der Waals surface area contributed by atoms with Gasteiger partial charge in [-0.25, -0.2) is 9.37 Å². The summed E-state index contributed by atoms with van der Waals surface area (Å²) in [7, 11) is 0. The van der Waals surface area contributed by atoms with E-state index in [1.165, 1.54) is 18.6 Å². The van der Waals surface area contributed by atoms with Gasteiger partial charge >= 0.3 is 0 Å². The standard InChI is InChI=1S/C13H12BrFN2S/c14-10-6-8(15)3-4-9(10)13-17-12(7-18-13)11-2-1-5-16-11/h3-4,6-7,11,16H,1-2,5H2/t11-/m0/s1. The Bertz CT molecular complexity index is 564. The molecule has 1 aromatic carbocycles. The van der Waals surface area contributed by atoms with Gasteiger partial charge in [0.25, 0.3) is 0 Å². The molecule has 0 spiro atoms. The molecule has 0 aliphatic carbocycles. The summed E-state index contributed by atoms with van der Waals surface area (Å²) in [4.78, 5) is 4.66. The highest BCUT2D eigenvalue weighted by Crippen LogP contribution is 2.33. The lowest BCUT2D eigenvalue weighted by Crippen LogP contribution is -2.12. The molecule has 1 aliphatic rings.